The van der Waals surface area contributed by atoms with E-state index in [1.54, 1.807) is 11.6 Å². The van der Waals surface area contributed by atoms with Gasteiger partial charge in [0.15, 0.2) is 0 Å². The van der Waals surface area contributed by atoms with E-state index in [0.29, 0.717) is 22.3 Å². The fourth-order valence-electron chi connectivity index (χ4n) is 9.28. The third-order valence-corrected chi connectivity index (χ3v) is 11.2. The van der Waals surface area contributed by atoms with Crippen molar-refractivity contribution >= 4 is 0 Å². The first-order valence-corrected chi connectivity index (χ1v) is 13.8. The largest absolute Gasteiger partial charge is 0.393 e. The van der Waals surface area contributed by atoms with E-state index < -0.39 is 6.10 Å². The van der Waals surface area contributed by atoms with Gasteiger partial charge in [-0.25, -0.2) is 0 Å². The molecule has 34 heavy (non-hydrogen) atoms. The van der Waals surface area contributed by atoms with Gasteiger partial charge in [0.25, 0.3) is 0 Å². The molecule has 0 aliphatic heterocycles. The Balaban J connectivity index is 1.27. The van der Waals surface area contributed by atoms with Crippen LogP contribution in [0.2, 0.25) is 0 Å². The smallest absolute Gasteiger partial charge is 0.0995 e. The average Bonchev–Trinajstić information content (AvgIpc) is 3.20. The number of fused-ring (bicyclic) bond motifs is 5. The Bertz CT molecular complexity index is 978. The van der Waals surface area contributed by atoms with Gasteiger partial charge in [-0.1, -0.05) is 50.6 Å². The zero-order valence-electron chi connectivity index (χ0n) is 21.3. The van der Waals surface area contributed by atoms with Crippen LogP contribution in [0.3, 0.4) is 0 Å². The van der Waals surface area contributed by atoms with E-state index in [1.807, 2.05) is 18.2 Å². The number of aliphatic hydroxyl groups is 2. The lowest BCUT2D eigenvalue weighted by molar-refractivity contribution is -0.0577. The first kappa shape index (κ1) is 24.1. The molecule has 3 saturated carbocycles. The standard InChI is InChI=1S/C31H43NO2/c1-20(8-13-29(34)24-7-5-4-6-21(24)19-32)26-11-12-27-25-10-9-22-18-23(33)14-16-30(22,2)28(25)15-17-31(26,27)3/h4-7,9,20,23,25-29,33-34H,8,10-18H2,1-3H3/t20-,23?,25?,26?,27+,28+,29?,30?,31?/m1/s1. The van der Waals surface area contributed by atoms with Crippen LogP contribution in [0.15, 0.2) is 35.9 Å². The molecule has 9 atom stereocenters. The summed E-state index contributed by atoms with van der Waals surface area (Å²) in [7, 11) is 0. The molecule has 0 radical (unpaired) electrons. The van der Waals surface area contributed by atoms with Crippen LogP contribution >= 0.6 is 0 Å². The van der Waals surface area contributed by atoms with Gasteiger partial charge < -0.3 is 10.2 Å². The van der Waals surface area contributed by atoms with Crippen LogP contribution in [0.4, 0.5) is 0 Å². The summed E-state index contributed by atoms with van der Waals surface area (Å²) in [6.45, 7) is 7.52. The highest BCUT2D eigenvalue weighted by molar-refractivity contribution is 5.38. The summed E-state index contributed by atoms with van der Waals surface area (Å²) in [5.74, 6) is 3.71. The van der Waals surface area contributed by atoms with Crippen LogP contribution in [0.5, 0.6) is 0 Å². The van der Waals surface area contributed by atoms with Gasteiger partial charge >= 0.3 is 0 Å². The van der Waals surface area contributed by atoms with E-state index in [2.05, 4.69) is 32.9 Å². The van der Waals surface area contributed by atoms with E-state index in [4.69, 9.17) is 0 Å². The highest BCUT2D eigenvalue weighted by Gasteiger charge is 2.59. The van der Waals surface area contributed by atoms with Gasteiger partial charge in [-0.2, -0.15) is 5.26 Å². The molecular formula is C31H43NO2. The second-order valence-electron chi connectivity index (χ2n) is 12.7. The highest BCUT2D eigenvalue weighted by Crippen LogP contribution is 2.67. The zero-order valence-corrected chi connectivity index (χ0v) is 21.3. The Hall–Kier alpha value is -1.63. The molecule has 0 heterocycles. The third kappa shape index (κ3) is 3.86. The molecule has 1 aromatic rings. The highest BCUT2D eigenvalue weighted by atomic mass is 16.3. The quantitative estimate of drug-likeness (QED) is 0.466. The van der Waals surface area contributed by atoms with Gasteiger partial charge in [0, 0.05) is 0 Å². The fourth-order valence-corrected chi connectivity index (χ4v) is 9.28. The minimum absolute atomic E-state index is 0.128. The lowest BCUT2D eigenvalue weighted by Crippen LogP contribution is -2.50. The molecule has 1 aromatic carbocycles. The molecule has 0 bridgehead atoms. The first-order valence-electron chi connectivity index (χ1n) is 13.8. The predicted molar refractivity (Wildman–Crippen MR) is 136 cm³/mol. The summed E-state index contributed by atoms with van der Waals surface area (Å²) in [6.07, 6.45) is 13.2. The van der Waals surface area contributed by atoms with Crippen molar-refractivity contribution in [2.45, 2.75) is 97.2 Å². The number of nitriles is 1. The van der Waals surface area contributed by atoms with Crippen LogP contribution < -0.4 is 0 Å². The van der Waals surface area contributed by atoms with E-state index in [0.717, 1.165) is 61.3 Å². The van der Waals surface area contributed by atoms with Gasteiger partial charge in [0.05, 0.1) is 23.8 Å². The van der Waals surface area contributed by atoms with Crippen molar-refractivity contribution in [2.75, 3.05) is 0 Å². The summed E-state index contributed by atoms with van der Waals surface area (Å²) >= 11 is 0. The number of benzene rings is 1. The molecular weight excluding hydrogens is 418 g/mol. The Kier molecular flexibility index (Phi) is 6.45. The number of hydrogen-bond donors (Lipinski definition) is 2. The molecule has 3 heteroatoms. The minimum atomic E-state index is -0.553. The van der Waals surface area contributed by atoms with E-state index in [-0.39, 0.29) is 6.10 Å². The van der Waals surface area contributed by atoms with Crippen LogP contribution in [-0.2, 0) is 0 Å². The molecule has 6 unspecified atom stereocenters. The van der Waals surface area contributed by atoms with Crippen molar-refractivity contribution in [1.82, 2.24) is 0 Å². The average molecular weight is 462 g/mol. The SMILES string of the molecule is C[C@H](CCC(O)c1ccccc1C#N)C1CC[C@H]2C3CC=C4CC(O)CCC4(C)[C@H]3CCC12C. The van der Waals surface area contributed by atoms with E-state index >= 15 is 0 Å². The summed E-state index contributed by atoms with van der Waals surface area (Å²) < 4.78 is 0. The van der Waals surface area contributed by atoms with E-state index in [1.165, 1.54) is 32.1 Å². The Labute approximate surface area is 206 Å². The third-order valence-electron chi connectivity index (χ3n) is 11.2. The predicted octanol–water partition coefficient (Wildman–Crippen LogP) is 6.95. The van der Waals surface area contributed by atoms with Crippen LogP contribution in [0, 0.1) is 51.8 Å². The van der Waals surface area contributed by atoms with Gasteiger partial charge in [-0.05, 0) is 116 Å². The molecule has 0 amide bonds. The summed E-state index contributed by atoms with van der Waals surface area (Å²) in [5.41, 5.74) is 3.66. The van der Waals surface area contributed by atoms with Crippen molar-refractivity contribution in [1.29, 1.82) is 5.26 Å². The maximum atomic E-state index is 10.9. The molecule has 0 aromatic heterocycles. The minimum Gasteiger partial charge on any atom is -0.393 e. The molecule has 0 saturated heterocycles. The second-order valence-corrected chi connectivity index (χ2v) is 12.7. The zero-order chi connectivity index (χ0) is 24.1. The maximum absolute atomic E-state index is 10.9. The number of aliphatic hydroxyl groups excluding tert-OH is 2. The Morgan fingerprint density at radius 3 is 2.65 bits per heavy atom. The molecule has 184 valence electrons. The maximum Gasteiger partial charge on any atom is 0.0995 e. The lowest BCUT2D eigenvalue weighted by atomic mass is 9.47. The van der Waals surface area contributed by atoms with Crippen molar-refractivity contribution in [2.24, 2.45) is 40.4 Å². The summed E-state index contributed by atoms with van der Waals surface area (Å²) in [4.78, 5) is 0. The monoisotopic (exact) mass is 461 g/mol. The second kappa shape index (κ2) is 9.11. The summed E-state index contributed by atoms with van der Waals surface area (Å²) in [6, 6.07) is 9.73. The number of hydrogen-bond acceptors (Lipinski definition) is 3. The van der Waals surface area contributed by atoms with Crippen molar-refractivity contribution < 1.29 is 10.2 Å². The van der Waals surface area contributed by atoms with Gasteiger partial charge in [-0.15, -0.1) is 0 Å². The number of allylic oxidation sites excluding steroid dienone is 1. The van der Waals surface area contributed by atoms with Crippen molar-refractivity contribution in [3.8, 4) is 6.07 Å². The topological polar surface area (TPSA) is 64.2 Å². The van der Waals surface area contributed by atoms with Crippen molar-refractivity contribution in [3.63, 3.8) is 0 Å². The molecule has 3 nitrogen and oxygen atoms in total. The van der Waals surface area contributed by atoms with Crippen LogP contribution in [0.1, 0.15) is 102 Å². The lowest BCUT2D eigenvalue weighted by Gasteiger charge is -2.58. The van der Waals surface area contributed by atoms with Crippen LogP contribution in [0.25, 0.3) is 0 Å². The van der Waals surface area contributed by atoms with Gasteiger partial charge in [0.2, 0.25) is 0 Å². The summed E-state index contributed by atoms with van der Waals surface area (Å²) in [5, 5.41) is 30.5. The first-order chi connectivity index (χ1) is 16.3. The molecule has 5 rings (SSSR count). The van der Waals surface area contributed by atoms with Gasteiger partial charge in [-0.3, -0.25) is 0 Å². The van der Waals surface area contributed by atoms with Crippen LogP contribution in [-0.4, -0.2) is 16.3 Å². The molecule has 3 fully saturated rings. The molecule has 4 aliphatic carbocycles. The molecule has 2 N–H and O–H groups in total. The molecule has 0 spiro atoms. The Morgan fingerprint density at radius 2 is 1.85 bits per heavy atom. The van der Waals surface area contributed by atoms with Crippen molar-refractivity contribution in [3.05, 3.63) is 47.0 Å². The van der Waals surface area contributed by atoms with E-state index in [9.17, 15) is 15.5 Å². The number of rotatable bonds is 5. The molecule has 4 aliphatic rings. The Morgan fingerprint density at radius 1 is 1.06 bits per heavy atom. The van der Waals surface area contributed by atoms with Gasteiger partial charge in [0.1, 0.15) is 0 Å². The normalized spacial score (nSPS) is 40.8. The fraction of sp³-hybridized carbons (Fsp3) is 0.710. The number of nitrogens with zero attached hydrogens (tertiary/aromatic N) is 1.